The molecule has 0 saturated carbocycles. The first-order valence-corrected chi connectivity index (χ1v) is 7.33. The minimum atomic E-state index is 0.539. The molecule has 0 aliphatic rings. The molecule has 0 atom stereocenters. The smallest absolute Gasteiger partial charge is 0.0976 e. The third kappa shape index (κ3) is 2.86. The molecule has 1 aromatic carbocycles. The number of hydrogen-bond donors (Lipinski definition) is 1. The summed E-state index contributed by atoms with van der Waals surface area (Å²) in [6, 6.07) is 5.54. The lowest BCUT2D eigenvalue weighted by molar-refractivity contribution is 0.969. The van der Waals surface area contributed by atoms with E-state index in [9.17, 15) is 0 Å². The molecule has 0 saturated heterocycles. The van der Waals surface area contributed by atoms with E-state index in [0.717, 1.165) is 27.6 Å². The van der Waals surface area contributed by atoms with Crippen molar-refractivity contribution in [3.05, 3.63) is 49.4 Å². The number of nitrogens with zero attached hydrogens (tertiary/aromatic N) is 1. The van der Waals surface area contributed by atoms with Gasteiger partial charge in [0, 0.05) is 27.9 Å². The molecule has 0 unspecified atom stereocenters. The van der Waals surface area contributed by atoms with E-state index in [1.54, 1.807) is 11.3 Å². The summed E-state index contributed by atoms with van der Waals surface area (Å²) in [5.41, 5.74) is 7.73. The van der Waals surface area contributed by atoms with Gasteiger partial charge in [0.1, 0.15) is 0 Å². The maximum Gasteiger partial charge on any atom is 0.0976 e. The number of benzene rings is 1. The fraction of sp³-hybridized carbons (Fsp3) is 0.308. The maximum atomic E-state index is 6.16. The van der Waals surface area contributed by atoms with Crippen LogP contribution in [0.3, 0.4) is 0 Å². The normalized spacial score (nSPS) is 10.9. The highest BCUT2D eigenvalue weighted by molar-refractivity contribution is 7.11. The Balaban J connectivity index is 2.31. The van der Waals surface area contributed by atoms with Crippen LogP contribution in [0.15, 0.2) is 18.2 Å². The zero-order valence-corrected chi connectivity index (χ0v) is 12.4. The number of rotatable bonds is 4. The molecule has 5 heteroatoms. The molecule has 0 fully saturated rings. The van der Waals surface area contributed by atoms with Gasteiger partial charge in [-0.25, -0.2) is 4.98 Å². The van der Waals surface area contributed by atoms with Gasteiger partial charge in [0.25, 0.3) is 0 Å². The van der Waals surface area contributed by atoms with E-state index >= 15 is 0 Å². The van der Waals surface area contributed by atoms with Crippen LogP contribution in [-0.4, -0.2) is 4.98 Å². The van der Waals surface area contributed by atoms with Gasteiger partial charge >= 0.3 is 0 Å². The monoisotopic (exact) mass is 300 g/mol. The van der Waals surface area contributed by atoms with E-state index in [-0.39, 0.29) is 0 Å². The van der Waals surface area contributed by atoms with Gasteiger partial charge in [-0.15, -0.1) is 11.3 Å². The highest BCUT2D eigenvalue weighted by Gasteiger charge is 2.12. The molecule has 0 amide bonds. The molecule has 2 N–H and O–H groups in total. The van der Waals surface area contributed by atoms with E-state index < -0.39 is 0 Å². The first-order valence-electron chi connectivity index (χ1n) is 5.76. The van der Waals surface area contributed by atoms with Crippen molar-refractivity contribution in [2.45, 2.75) is 26.3 Å². The molecule has 1 heterocycles. The van der Waals surface area contributed by atoms with Crippen molar-refractivity contribution in [3.8, 4) is 0 Å². The Morgan fingerprint density at radius 3 is 2.44 bits per heavy atom. The third-order valence-electron chi connectivity index (χ3n) is 2.73. The second-order valence-electron chi connectivity index (χ2n) is 3.91. The van der Waals surface area contributed by atoms with Crippen LogP contribution in [0.2, 0.25) is 10.0 Å². The second kappa shape index (κ2) is 6.02. The van der Waals surface area contributed by atoms with Gasteiger partial charge in [-0.2, -0.15) is 0 Å². The van der Waals surface area contributed by atoms with Crippen LogP contribution in [0.1, 0.15) is 28.1 Å². The number of thiazole rings is 1. The quantitative estimate of drug-likeness (QED) is 0.925. The van der Waals surface area contributed by atoms with Crippen molar-refractivity contribution in [1.82, 2.24) is 4.98 Å². The van der Waals surface area contributed by atoms with Crippen LogP contribution < -0.4 is 5.73 Å². The highest BCUT2D eigenvalue weighted by Crippen LogP contribution is 2.29. The third-order valence-corrected chi connectivity index (χ3v) is 4.56. The van der Waals surface area contributed by atoms with Gasteiger partial charge in [0.15, 0.2) is 0 Å². The molecule has 0 aliphatic carbocycles. The molecular formula is C13H14Cl2N2S. The first kappa shape index (κ1) is 13.8. The van der Waals surface area contributed by atoms with Crippen LogP contribution in [0, 0.1) is 0 Å². The predicted molar refractivity (Wildman–Crippen MR) is 78.7 cm³/mol. The molecule has 0 bridgehead atoms. The number of nitrogens with two attached hydrogens (primary N) is 1. The molecule has 2 aromatic rings. The van der Waals surface area contributed by atoms with Crippen molar-refractivity contribution in [2.75, 3.05) is 0 Å². The summed E-state index contributed by atoms with van der Waals surface area (Å²) in [7, 11) is 0. The van der Waals surface area contributed by atoms with Gasteiger partial charge in [-0.3, -0.25) is 0 Å². The average Bonchev–Trinajstić information content (AvgIpc) is 2.76. The van der Waals surface area contributed by atoms with Crippen LogP contribution in [-0.2, 0) is 19.4 Å². The summed E-state index contributed by atoms with van der Waals surface area (Å²) in [4.78, 5) is 5.75. The molecule has 0 aliphatic heterocycles. The van der Waals surface area contributed by atoms with Crippen LogP contribution >= 0.6 is 34.5 Å². The molecule has 96 valence electrons. The number of hydrogen-bond acceptors (Lipinski definition) is 3. The number of aryl methyl sites for hydroxylation is 1. The van der Waals surface area contributed by atoms with Crippen LogP contribution in [0.25, 0.3) is 0 Å². The lowest BCUT2D eigenvalue weighted by Crippen LogP contribution is -1.97. The minimum absolute atomic E-state index is 0.539. The zero-order valence-electron chi connectivity index (χ0n) is 10.0. The molecular weight excluding hydrogens is 287 g/mol. The molecule has 1 aromatic heterocycles. The van der Waals surface area contributed by atoms with E-state index in [0.29, 0.717) is 23.0 Å². The molecule has 2 rings (SSSR count). The first-order chi connectivity index (χ1) is 8.65. The van der Waals surface area contributed by atoms with Crippen molar-refractivity contribution in [3.63, 3.8) is 0 Å². The zero-order chi connectivity index (χ0) is 13.1. The summed E-state index contributed by atoms with van der Waals surface area (Å²) in [6.45, 7) is 2.62. The lowest BCUT2D eigenvalue weighted by Gasteiger charge is -2.04. The van der Waals surface area contributed by atoms with E-state index in [4.69, 9.17) is 28.9 Å². The Morgan fingerprint density at radius 1 is 1.28 bits per heavy atom. The topological polar surface area (TPSA) is 38.9 Å². The molecule has 0 spiro atoms. The van der Waals surface area contributed by atoms with Crippen molar-refractivity contribution >= 4 is 34.5 Å². The predicted octanol–water partition coefficient (Wildman–Crippen LogP) is 4.06. The molecule has 2 nitrogen and oxygen atoms in total. The lowest BCUT2D eigenvalue weighted by atomic mass is 10.1. The Hall–Kier alpha value is -0.610. The number of halogens is 2. The van der Waals surface area contributed by atoms with Crippen molar-refractivity contribution in [1.29, 1.82) is 0 Å². The summed E-state index contributed by atoms with van der Waals surface area (Å²) in [5.74, 6) is 0. The van der Waals surface area contributed by atoms with Crippen molar-refractivity contribution in [2.24, 2.45) is 5.73 Å². The fourth-order valence-electron chi connectivity index (χ4n) is 1.80. The summed E-state index contributed by atoms with van der Waals surface area (Å²) < 4.78 is 0. The Labute approximate surface area is 121 Å². The van der Waals surface area contributed by atoms with Crippen molar-refractivity contribution < 1.29 is 0 Å². The SMILES string of the molecule is CCc1nc(Cc2c(Cl)cccc2Cl)sc1CN. The highest BCUT2D eigenvalue weighted by atomic mass is 35.5. The fourth-order valence-corrected chi connectivity index (χ4v) is 3.38. The van der Waals surface area contributed by atoms with Gasteiger partial charge in [0.05, 0.1) is 10.7 Å². The van der Waals surface area contributed by atoms with E-state index in [1.165, 1.54) is 0 Å². The second-order valence-corrected chi connectivity index (χ2v) is 5.89. The molecule has 18 heavy (non-hydrogen) atoms. The number of aromatic nitrogens is 1. The van der Waals surface area contributed by atoms with E-state index in [1.807, 2.05) is 18.2 Å². The van der Waals surface area contributed by atoms with Crippen LogP contribution in [0.5, 0.6) is 0 Å². The summed E-state index contributed by atoms with van der Waals surface area (Å²) in [5, 5.41) is 2.39. The Morgan fingerprint density at radius 2 is 1.94 bits per heavy atom. The van der Waals surface area contributed by atoms with E-state index in [2.05, 4.69) is 11.9 Å². The molecule has 0 radical (unpaired) electrons. The van der Waals surface area contributed by atoms with Gasteiger partial charge in [0.2, 0.25) is 0 Å². The Kier molecular flexibility index (Phi) is 4.62. The summed E-state index contributed by atoms with van der Waals surface area (Å²) in [6.07, 6.45) is 1.56. The van der Waals surface area contributed by atoms with Gasteiger partial charge < -0.3 is 5.73 Å². The standard InChI is InChI=1S/C13H14Cl2N2S/c1-2-11-12(7-16)18-13(17-11)6-8-9(14)4-3-5-10(8)15/h3-5H,2,6-7,16H2,1H3. The Bertz CT molecular complexity index is 510. The minimum Gasteiger partial charge on any atom is -0.326 e. The maximum absolute atomic E-state index is 6.16. The van der Waals surface area contributed by atoms with Gasteiger partial charge in [-0.05, 0) is 24.1 Å². The van der Waals surface area contributed by atoms with Crippen LogP contribution in [0.4, 0.5) is 0 Å². The van der Waals surface area contributed by atoms with Gasteiger partial charge in [-0.1, -0.05) is 36.2 Å². The average molecular weight is 301 g/mol. The summed E-state index contributed by atoms with van der Waals surface area (Å²) >= 11 is 14.0. The largest absolute Gasteiger partial charge is 0.326 e.